The first-order valence-corrected chi connectivity index (χ1v) is 6.42. The number of ether oxygens (including phenoxy) is 1. The molecule has 10 heteroatoms. The standard InChI is InChI=1S/C13H13F4N5O/c1-6-11(19-5-10(21-6)22-18)8-3-9(14)12(20-4-8)23-7(2)13(15,16)17/h3-5,7H,18H2,1-2H3,(H,21,22). The molecule has 0 saturated heterocycles. The number of aromatic nitrogens is 3. The average molecular weight is 331 g/mol. The monoisotopic (exact) mass is 331 g/mol. The highest BCUT2D eigenvalue weighted by molar-refractivity contribution is 5.61. The van der Waals surface area contributed by atoms with E-state index in [4.69, 9.17) is 5.84 Å². The van der Waals surface area contributed by atoms with Crippen LogP contribution >= 0.6 is 0 Å². The number of aryl methyl sites for hydroxylation is 1. The number of nitrogen functional groups attached to an aromatic ring is 1. The Labute approximate surface area is 128 Å². The summed E-state index contributed by atoms with van der Waals surface area (Å²) < 4.78 is 55.7. The quantitative estimate of drug-likeness (QED) is 0.509. The zero-order valence-electron chi connectivity index (χ0n) is 12.1. The maximum absolute atomic E-state index is 13.9. The van der Waals surface area contributed by atoms with Crippen molar-refractivity contribution in [3.05, 3.63) is 30.0 Å². The summed E-state index contributed by atoms with van der Waals surface area (Å²) in [5.41, 5.74) is 3.33. The van der Waals surface area contributed by atoms with Crippen LogP contribution < -0.4 is 16.0 Å². The van der Waals surface area contributed by atoms with Crippen molar-refractivity contribution in [3.63, 3.8) is 0 Å². The molecule has 0 spiro atoms. The highest BCUT2D eigenvalue weighted by Crippen LogP contribution is 2.28. The van der Waals surface area contributed by atoms with E-state index in [1.165, 1.54) is 6.20 Å². The summed E-state index contributed by atoms with van der Waals surface area (Å²) in [4.78, 5) is 11.7. The number of nitrogens with two attached hydrogens (primary N) is 1. The van der Waals surface area contributed by atoms with Crippen LogP contribution in [0, 0.1) is 12.7 Å². The second-order valence-electron chi connectivity index (χ2n) is 4.65. The summed E-state index contributed by atoms with van der Waals surface area (Å²) in [7, 11) is 0. The summed E-state index contributed by atoms with van der Waals surface area (Å²) >= 11 is 0. The van der Waals surface area contributed by atoms with Crippen molar-refractivity contribution in [3.8, 4) is 17.1 Å². The van der Waals surface area contributed by atoms with Crippen molar-refractivity contribution in [1.29, 1.82) is 0 Å². The van der Waals surface area contributed by atoms with E-state index >= 15 is 0 Å². The summed E-state index contributed by atoms with van der Waals surface area (Å²) in [5, 5.41) is 0. The molecule has 0 aliphatic carbocycles. The van der Waals surface area contributed by atoms with Crippen LogP contribution in [0.15, 0.2) is 18.5 Å². The fourth-order valence-corrected chi connectivity index (χ4v) is 1.71. The maximum atomic E-state index is 13.9. The van der Waals surface area contributed by atoms with Crippen molar-refractivity contribution >= 4 is 5.82 Å². The van der Waals surface area contributed by atoms with Crippen molar-refractivity contribution in [2.24, 2.45) is 5.84 Å². The minimum absolute atomic E-state index is 0.253. The Morgan fingerprint density at radius 3 is 2.48 bits per heavy atom. The number of halogens is 4. The molecule has 124 valence electrons. The molecule has 6 nitrogen and oxygen atoms in total. The summed E-state index contributed by atoms with van der Waals surface area (Å²) in [6, 6.07) is 0.984. The Balaban J connectivity index is 2.29. The molecule has 2 aromatic rings. The molecule has 0 radical (unpaired) electrons. The van der Waals surface area contributed by atoms with Crippen LogP contribution in [0.2, 0.25) is 0 Å². The van der Waals surface area contributed by atoms with E-state index in [1.807, 2.05) is 0 Å². The Morgan fingerprint density at radius 2 is 1.96 bits per heavy atom. The number of hydrogen-bond donors (Lipinski definition) is 2. The number of alkyl halides is 3. The molecule has 2 aromatic heterocycles. The van der Waals surface area contributed by atoms with Gasteiger partial charge >= 0.3 is 6.18 Å². The molecule has 0 saturated carbocycles. The minimum atomic E-state index is -4.61. The van der Waals surface area contributed by atoms with Gasteiger partial charge in [0.1, 0.15) is 0 Å². The number of rotatable bonds is 4. The highest BCUT2D eigenvalue weighted by Gasteiger charge is 2.38. The van der Waals surface area contributed by atoms with E-state index in [9.17, 15) is 17.6 Å². The second kappa shape index (κ2) is 6.32. The van der Waals surface area contributed by atoms with Gasteiger partial charge in [0.15, 0.2) is 17.7 Å². The van der Waals surface area contributed by atoms with Crippen LogP contribution in [0.3, 0.4) is 0 Å². The molecule has 1 atom stereocenters. The smallest absolute Gasteiger partial charge is 0.425 e. The van der Waals surface area contributed by atoms with Gasteiger partial charge in [-0.25, -0.2) is 20.2 Å². The molecule has 0 bridgehead atoms. The molecule has 2 rings (SSSR count). The van der Waals surface area contributed by atoms with E-state index < -0.39 is 24.0 Å². The number of hydrazine groups is 1. The number of nitrogens with zero attached hydrogens (tertiary/aromatic N) is 3. The molecular weight excluding hydrogens is 318 g/mol. The fraction of sp³-hybridized carbons (Fsp3) is 0.308. The van der Waals surface area contributed by atoms with Crippen molar-refractivity contribution in [1.82, 2.24) is 15.0 Å². The van der Waals surface area contributed by atoms with E-state index in [0.717, 1.165) is 19.2 Å². The van der Waals surface area contributed by atoms with Gasteiger partial charge in [0.2, 0.25) is 0 Å². The molecule has 23 heavy (non-hydrogen) atoms. The van der Waals surface area contributed by atoms with E-state index in [0.29, 0.717) is 17.2 Å². The lowest BCUT2D eigenvalue weighted by molar-refractivity contribution is -0.190. The van der Waals surface area contributed by atoms with Gasteiger partial charge in [-0.1, -0.05) is 0 Å². The average Bonchev–Trinajstić information content (AvgIpc) is 2.48. The molecular formula is C13H13F4N5O. The molecule has 0 aliphatic rings. The van der Waals surface area contributed by atoms with Crippen LogP contribution in [0.5, 0.6) is 5.88 Å². The molecule has 0 aliphatic heterocycles. The van der Waals surface area contributed by atoms with Gasteiger partial charge in [0.25, 0.3) is 5.88 Å². The largest absolute Gasteiger partial charge is 0.463 e. The lowest BCUT2D eigenvalue weighted by Gasteiger charge is -2.17. The predicted molar refractivity (Wildman–Crippen MR) is 73.9 cm³/mol. The van der Waals surface area contributed by atoms with Crippen LogP contribution in [0.25, 0.3) is 11.3 Å². The second-order valence-corrected chi connectivity index (χ2v) is 4.65. The van der Waals surface area contributed by atoms with Crippen LogP contribution in [-0.2, 0) is 0 Å². The molecule has 0 aromatic carbocycles. The van der Waals surface area contributed by atoms with Crippen LogP contribution in [-0.4, -0.2) is 27.2 Å². The van der Waals surface area contributed by atoms with Gasteiger partial charge in [0, 0.05) is 11.8 Å². The maximum Gasteiger partial charge on any atom is 0.425 e. The number of nitrogens with one attached hydrogen (secondary N) is 1. The highest BCUT2D eigenvalue weighted by atomic mass is 19.4. The van der Waals surface area contributed by atoms with E-state index in [2.05, 4.69) is 25.1 Å². The van der Waals surface area contributed by atoms with Gasteiger partial charge in [-0.2, -0.15) is 13.2 Å². The summed E-state index contributed by atoms with van der Waals surface area (Å²) in [6.07, 6.45) is -4.29. The molecule has 2 heterocycles. The van der Waals surface area contributed by atoms with Crippen molar-refractivity contribution in [2.75, 3.05) is 5.43 Å². The third-order valence-corrected chi connectivity index (χ3v) is 2.92. The number of anilines is 1. The Morgan fingerprint density at radius 1 is 1.26 bits per heavy atom. The molecule has 0 amide bonds. The van der Waals surface area contributed by atoms with Gasteiger partial charge in [-0.3, -0.25) is 4.98 Å². The number of pyridine rings is 1. The molecule has 3 N–H and O–H groups in total. The van der Waals surface area contributed by atoms with Crippen molar-refractivity contribution in [2.45, 2.75) is 26.1 Å². The first kappa shape index (κ1) is 16.9. The van der Waals surface area contributed by atoms with Gasteiger partial charge in [0.05, 0.1) is 17.6 Å². The van der Waals surface area contributed by atoms with Gasteiger partial charge < -0.3 is 10.2 Å². The Hall–Kier alpha value is -2.49. The summed E-state index contributed by atoms with van der Waals surface area (Å²) in [6.45, 7) is 2.39. The SMILES string of the molecule is Cc1nc(NN)cnc1-c1cnc(OC(C)C(F)(F)F)c(F)c1. The molecule has 1 unspecified atom stereocenters. The normalized spacial score (nSPS) is 12.8. The zero-order chi connectivity index (χ0) is 17.2. The Kier molecular flexibility index (Phi) is 4.64. The topological polar surface area (TPSA) is 86.0 Å². The lowest BCUT2D eigenvalue weighted by atomic mass is 10.1. The third-order valence-electron chi connectivity index (χ3n) is 2.92. The lowest BCUT2D eigenvalue weighted by Crippen LogP contribution is -2.31. The van der Waals surface area contributed by atoms with Crippen molar-refractivity contribution < 1.29 is 22.3 Å². The third kappa shape index (κ3) is 3.83. The Bertz CT molecular complexity index is 707. The summed E-state index contributed by atoms with van der Waals surface area (Å²) in [5.74, 6) is 3.76. The fourth-order valence-electron chi connectivity index (χ4n) is 1.71. The van der Waals surface area contributed by atoms with Crippen LogP contribution in [0.1, 0.15) is 12.6 Å². The zero-order valence-corrected chi connectivity index (χ0v) is 12.1. The molecule has 0 fully saturated rings. The first-order chi connectivity index (χ1) is 10.7. The number of hydrogen-bond acceptors (Lipinski definition) is 6. The predicted octanol–water partition coefficient (Wildman–Crippen LogP) is 2.60. The van der Waals surface area contributed by atoms with Gasteiger partial charge in [-0.05, 0) is 19.9 Å². The van der Waals surface area contributed by atoms with Crippen LogP contribution in [0.4, 0.5) is 23.4 Å². The van der Waals surface area contributed by atoms with Gasteiger partial charge in [-0.15, -0.1) is 0 Å². The van der Waals surface area contributed by atoms with E-state index in [1.54, 1.807) is 6.92 Å². The minimum Gasteiger partial charge on any atom is -0.463 e. The van der Waals surface area contributed by atoms with E-state index in [-0.39, 0.29) is 5.56 Å². The first-order valence-electron chi connectivity index (χ1n) is 6.42.